The molecule has 152 valence electrons. The Bertz CT molecular complexity index is 859. The van der Waals surface area contributed by atoms with Gasteiger partial charge in [-0.05, 0) is 78.9 Å². The van der Waals surface area contributed by atoms with Crippen molar-refractivity contribution in [1.29, 1.82) is 0 Å². The molecule has 0 fully saturated rings. The molecular weight excluding hydrogens is 442 g/mol. The van der Waals surface area contributed by atoms with Crippen molar-refractivity contribution in [3.63, 3.8) is 0 Å². The van der Waals surface area contributed by atoms with Gasteiger partial charge in [-0.25, -0.2) is 4.79 Å². The third-order valence-electron chi connectivity index (χ3n) is 4.62. The molecule has 0 N–H and O–H groups in total. The van der Waals surface area contributed by atoms with Gasteiger partial charge in [-0.1, -0.05) is 6.07 Å². The predicted octanol–water partition coefficient (Wildman–Crippen LogP) is 5.60. The van der Waals surface area contributed by atoms with E-state index in [0.29, 0.717) is 24.5 Å². The molecule has 0 bridgehead atoms. The number of thiophene rings is 1. The number of ether oxygens (including phenoxy) is 3. The van der Waals surface area contributed by atoms with E-state index in [0.717, 1.165) is 15.8 Å². The fourth-order valence-corrected chi connectivity index (χ4v) is 5.25. The lowest BCUT2D eigenvalue weighted by Crippen LogP contribution is -2.43. The smallest absolute Gasteiger partial charge is 0.410 e. The van der Waals surface area contributed by atoms with E-state index in [1.807, 2.05) is 43.9 Å². The number of rotatable bonds is 4. The van der Waals surface area contributed by atoms with Crippen LogP contribution in [0.25, 0.3) is 0 Å². The Hall–Kier alpha value is -1.73. The summed E-state index contributed by atoms with van der Waals surface area (Å²) in [6, 6.07) is 7.98. The normalized spacial score (nSPS) is 16.5. The first kappa shape index (κ1) is 21.0. The SMILES string of the molecule is COc1ccc(CC2c3sc(Br)cc3CCN2C(=O)OC(C)(C)C)cc1OC. The van der Waals surface area contributed by atoms with Crippen LogP contribution in [0.4, 0.5) is 4.79 Å². The molecule has 28 heavy (non-hydrogen) atoms. The predicted molar refractivity (Wildman–Crippen MR) is 115 cm³/mol. The maximum atomic E-state index is 12.9. The van der Waals surface area contributed by atoms with Crippen molar-refractivity contribution in [3.05, 3.63) is 44.1 Å². The Morgan fingerprint density at radius 2 is 1.93 bits per heavy atom. The van der Waals surface area contributed by atoms with Gasteiger partial charge in [-0.3, -0.25) is 4.90 Å². The quantitative estimate of drug-likeness (QED) is 0.586. The van der Waals surface area contributed by atoms with Crippen LogP contribution in [0.3, 0.4) is 0 Å². The van der Waals surface area contributed by atoms with Crippen molar-refractivity contribution >= 4 is 33.4 Å². The Balaban J connectivity index is 1.94. The van der Waals surface area contributed by atoms with Crippen molar-refractivity contribution in [1.82, 2.24) is 4.90 Å². The maximum Gasteiger partial charge on any atom is 0.410 e. The number of nitrogens with zero attached hydrogens (tertiary/aromatic N) is 1. The Morgan fingerprint density at radius 1 is 1.21 bits per heavy atom. The van der Waals surface area contributed by atoms with Crippen molar-refractivity contribution in [2.45, 2.75) is 45.3 Å². The molecule has 0 saturated heterocycles. The van der Waals surface area contributed by atoms with E-state index in [4.69, 9.17) is 14.2 Å². The summed E-state index contributed by atoms with van der Waals surface area (Å²) < 4.78 is 17.6. The first-order valence-electron chi connectivity index (χ1n) is 9.20. The van der Waals surface area contributed by atoms with Crippen LogP contribution in [-0.4, -0.2) is 37.4 Å². The average molecular weight is 468 g/mol. The van der Waals surface area contributed by atoms with Gasteiger partial charge in [0.2, 0.25) is 0 Å². The van der Waals surface area contributed by atoms with E-state index in [1.165, 1.54) is 10.4 Å². The van der Waals surface area contributed by atoms with Gasteiger partial charge in [0, 0.05) is 11.4 Å². The second-order valence-electron chi connectivity index (χ2n) is 7.77. The number of hydrogen-bond donors (Lipinski definition) is 0. The zero-order valence-corrected chi connectivity index (χ0v) is 19.3. The topological polar surface area (TPSA) is 48.0 Å². The Morgan fingerprint density at radius 3 is 2.57 bits per heavy atom. The molecule has 3 rings (SSSR count). The van der Waals surface area contributed by atoms with Crippen LogP contribution in [0.15, 0.2) is 28.1 Å². The van der Waals surface area contributed by atoms with Crippen LogP contribution in [0.1, 0.15) is 42.8 Å². The summed E-state index contributed by atoms with van der Waals surface area (Å²) in [7, 11) is 3.25. The minimum absolute atomic E-state index is 0.0759. The molecule has 2 aromatic rings. The second-order valence-corrected chi connectivity index (χ2v) is 10.2. The molecule has 0 spiro atoms. The van der Waals surface area contributed by atoms with Crippen LogP contribution in [0.2, 0.25) is 0 Å². The lowest BCUT2D eigenvalue weighted by Gasteiger charge is -2.36. The van der Waals surface area contributed by atoms with Crippen molar-refractivity contribution in [2.24, 2.45) is 0 Å². The lowest BCUT2D eigenvalue weighted by atomic mass is 9.96. The van der Waals surface area contributed by atoms with Gasteiger partial charge < -0.3 is 14.2 Å². The van der Waals surface area contributed by atoms with Gasteiger partial charge >= 0.3 is 6.09 Å². The highest BCUT2D eigenvalue weighted by molar-refractivity contribution is 9.11. The van der Waals surface area contributed by atoms with Gasteiger partial charge in [-0.2, -0.15) is 0 Å². The molecule has 1 aliphatic heterocycles. The summed E-state index contributed by atoms with van der Waals surface area (Å²) in [5, 5.41) is 0. The van der Waals surface area contributed by atoms with E-state index in [-0.39, 0.29) is 12.1 Å². The molecular formula is C21H26BrNO4S. The summed E-state index contributed by atoms with van der Waals surface area (Å²) in [6.45, 7) is 6.32. The maximum absolute atomic E-state index is 12.9. The number of fused-ring (bicyclic) bond motifs is 1. The van der Waals surface area contributed by atoms with Crippen LogP contribution >= 0.6 is 27.3 Å². The Labute approximate surface area is 178 Å². The first-order valence-corrected chi connectivity index (χ1v) is 10.8. The van der Waals surface area contributed by atoms with Crippen molar-refractivity contribution in [3.8, 4) is 11.5 Å². The molecule has 1 aliphatic rings. The summed E-state index contributed by atoms with van der Waals surface area (Å²) in [5.74, 6) is 1.38. The van der Waals surface area contributed by atoms with E-state index in [2.05, 4.69) is 22.0 Å². The zero-order chi connectivity index (χ0) is 20.5. The van der Waals surface area contributed by atoms with Crippen molar-refractivity contribution < 1.29 is 19.0 Å². The van der Waals surface area contributed by atoms with E-state index >= 15 is 0 Å². The van der Waals surface area contributed by atoms with Gasteiger partial charge in [0.25, 0.3) is 0 Å². The molecule has 0 radical (unpaired) electrons. The van der Waals surface area contributed by atoms with E-state index in [1.54, 1.807) is 25.6 Å². The number of amides is 1. The molecule has 1 unspecified atom stereocenters. The molecule has 1 aromatic carbocycles. The largest absolute Gasteiger partial charge is 0.493 e. The van der Waals surface area contributed by atoms with Crippen LogP contribution in [-0.2, 0) is 17.6 Å². The fraction of sp³-hybridized carbons (Fsp3) is 0.476. The van der Waals surface area contributed by atoms with Gasteiger partial charge in [-0.15, -0.1) is 11.3 Å². The summed E-state index contributed by atoms with van der Waals surface area (Å²) >= 11 is 5.29. The highest BCUT2D eigenvalue weighted by Gasteiger charge is 2.35. The lowest BCUT2D eigenvalue weighted by molar-refractivity contribution is 0.0146. The monoisotopic (exact) mass is 467 g/mol. The minimum Gasteiger partial charge on any atom is -0.493 e. The van der Waals surface area contributed by atoms with Crippen molar-refractivity contribution in [2.75, 3.05) is 20.8 Å². The number of carbonyl (C=O) groups is 1. The third kappa shape index (κ3) is 4.63. The van der Waals surface area contributed by atoms with E-state index in [9.17, 15) is 4.79 Å². The number of carbonyl (C=O) groups excluding carboxylic acids is 1. The summed E-state index contributed by atoms with van der Waals surface area (Å²) in [5.41, 5.74) is 1.84. The summed E-state index contributed by atoms with van der Waals surface area (Å²) in [4.78, 5) is 16.0. The van der Waals surface area contributed by atoms with Gasteiger partial charge in [0.15, 0.2) is 11.5 Å². The molecule has 1 atom stereocenters. The van der Waals surface area contributed by atoms with Gasteiger partial charge in [0.05, 0.1) is 24.0 Å². The molecule has 2 heterocycles. The molecule has 7 heteroatoms. The molecule has 0 saturated carbocycles. The highest BCUT2D eigenvalue weighted by Crippen LogP contribution is 2.41. The molecule has 1 amide bonds. The second kappa shape index (κ2) is 8.33. The molecule has 1 aromatic heterocycles. The minimum atomic E-state index is -0.527. The highest BCUT2D eigenvalue weighted by atomic mass is 79.9. The number of halogens is 1. The van der Waals surface area contributed by atoms with Crippen LogP contribution < -0.4 is 9.47 Å². The fourth-order valence-electron chi connectivity index (χ4n) is 3.40. The Kier molecular flexibility index (Phi) is 6.25. The number of methoxy groups -OCH3 is 2. The standard InChI is InChI=1S/C21H26BrNO4S/c1-21(2,3)27-20(24)23-9-8-14-12-18(22)28-19(14)15(23)10-13-6-7-16(25-4)17(11-13)26-5/h6-7,11-12,15H,8-10H2,1-5H3. The average Bonchev–Trinajstić information content (AvgIpc) is 3.01. The van der Waals surface area contributed by atoms with Crippen LogP contribution in [0, 0.1) is 0 Å². The van der Waals surface area contributed by atoms with Gasteiger partial charge in [0.1, 0.15) is 5.60 Å². The van der Waals surface area contributed by atoms with Crippen LogP contribution in [0.5, 0.6) is 11.5 Å². The first-order chi connectivity index (χ1) is 13.2. The number of hydrogen-bond acceptors (Lipinski definition) is 5. The molecule has 5 nitrogen and oxygen atoms in total. The molecule has 0 aliphatic carbocycles. The van der Waals surface area contributed by atoms with E-state index < -0.39 is 5.60 Å². The summed E-state index contributed by atoms with van der Waals surface area (Å²) in [6.07, 6.45) is 1.24. The zero-order valence-electron chi connectivity index (χ0n) is 16.9. The number of benzene rings is 1. The third-order valence-corrected chi connectivity index (χ3v) is 6.40.